The fourth-order valence-corrected chi connectivity index (χ4v) is 3.51. The summed E-state index contributed by atoms with van der Waals surface area (Å²) in [6.07, 6.45) is 2.18. The molecule has 0 aromatic heterocycles. The van der Waals surface area contributed by atoms with E-state index in [9.17, 15) is 10.1 Å². The molecule has 2 rings (SSSR count). The molecule has 0 aliphatic carbocycles. The molecule has 1 heterocycles. The van der Waals surface area contributed by atoms with Crippen molar-refractivity contribution >= 4 is 29.2 Å². The molecule has 0 amide bonds. The van der Waals surface area contributed by atoms with Gasteiger partial charge in [0.25, 0.3) is 0 Å². The van der Waals surface area contributed by atoms with Gasteiger partial charge in [-0.25, -0.2) is 0 Å². The zero-order valence-corrected chi connectivity index (χ0v) is 16.5. The van der Waals surface area contributed by atoms with Gasteiger partial charge in [0.15, 0.2) is 6.29 Å². The quantitative estimate of drug-likeness (QED) is 0.624. The van der Waals surface area contributed by atoms with E-state index in [0.717, 1.165) is 19.3 Å². The Kier molecular flexibility index (Phi) is 7.72. The number of benzene rings is 1. The summed E-state index contributed by atoms with van der Waals surface area (Å²) in [5.41, 5.74) is -0.681. The molecular weight excluding hydrogens is 377 g/mol. The van der Waals surface area contributed by atoms with Gasteiger partial charge in [-0.15, -0.1) is 0 Å². The monoisotopic (exact) mass is 399 g/mol. The largest absolute Gasteiger partial charge is 0.469 e. The Morgan fingerprint density at radius 1 is 1.42 bits per heavy atom. The SMILES string of the molecule is CCC(OC1CCCCO1)C(C#N)(CC(=O)OC)c1ccc(Cl)c(Cl)c1. The van der Waals surface area contributed by atoms with Crippen molar-refractivity contribution in [3.05, 3.63) is 33.8 Å². The van der Waals surface area contributed by atoms with E-state index in [1.807, 2.05) is 6.92 Å². The van der Waals surface area contributed by atoms with Crippen LogP contribution in [-0.4, -0.2) is 32.1 Å². The highest BCUT2D eigenvalue weighted by Gasteiger charge is 2.45. The Hall–Kier alpha value is -1.32. The summed E-state index contributed by atoms with van der Waals surface area (Å²) in [4.78, 5) is 12.1. The number of nitriles is 1. The van der Waals surface area contributed by atoms with Gasteiger partial charge in [0.05, 0.1) is 35.7 Å². The maximum Gasteiger partial charge on any atom is 0.307 e. The van der Waals surface area contributed by atoms with E-state index in [-0.39, 0.29) is 12.7 Å². The highest BCUT2D eigenvalue weighted by molar-refractivity contribution is 6.42. The molecule has 0 radical (unpaired) electrons. The molecule has 3 unspecified atom stereocenters. The van der Waals surface area contributed by atoms with Crippen LogP contribution in [0.5, 0.6) is 0 Å². The van der Waals surface area contributed by atoms with Crippen LogP contribution in [0.2, 0.25) is 10.0 Å². The lowest BCUT2D eigenvalue weighted by Crippen LogP contribution is -2.44. The molecule has 1 aliphatic rings. The first kappa shape index (κ1) is 21.0. The third-order valence-electron chi connectivity index (χ3n) is 4.66. The first-order valence-electron chi connectivity index (χ1n) is 8.67. The number of carbonyl (C=O) groups is 1. The number of hydrogen-bond donors (Lipinski definition) is 0. The minimum Gasteiger partial charge on any atom is -0.469 e. The lowest BCUT2D eigenvalue weighted by Gasteiger charge is -2.37. The maximum atomic E-state index is 12.1. The molecule has 5 nitrogen and oxygen atoms in total. The van der Waals surface area contributed by atoms with Crippen molar-refractivity contribution < 1.29 is 19.0 Å². The van der Waals surface area contributed by atoms with E-state index >= 15 is 0 Å². The van der Waals surface area contributed by atoms with Crippen LogP contribution in [0.15, 0.2) is 18.2 Å². The minimum absolute atomic E-state index is 0.150. The standard InChI is InChI=1S/C19H23Cl2NO4/c1-3-16(26-18-6-4-5-9-25-18)19(12-22,11-17(23)24-2)13-7-8-14(20)15(21)10-13/h7-8,10,16,18H,3-6,9,11H2,1-2H3. The zero-order valence-electron chi connectivity index (χ0n) is 15.0. The Bertz CT molecular complexity index is 670. The average Bonchev–Trinajstić information content (AvgIpc) is 2.67. The van der Waals surface area contributed by atoms with E-state index in [0.29, 0.717) is 28.6 Å². The Labute approximate surface area is 164 Å². The lowest BCUT2D eigenvalue weighted by atomic mass is 9.73. The average molecular weight is 400 g/mol. The smallest absolute Gasteiger partial charge is 0.307 e. The molecule has 1 aromatic rings. The van der Waals surface area contributed by atoms with Crippen molar-refractivity contribution in [1.29, 1.82) is 5.26 Å². The summed E-state index contributed by atoms with van der Waals surface area (Å²) in [6.45, 7) is 2.54. The molecule has 0 bridgehead atoms. The maximum absolute atomic E-state index is 12.1. The summed E-state index contributed by atoms with van der Waals surface area (Å²) in [5, 5.41) is 10.8. The van der Waals surface area contributed by atoms with Crippen LogP contribution in [0.25, 0.3) is 0 Å². The Balaban J connectivity index is 2.43. The molecule has 1 saturated heterocycles. The molecule has 0 saturated carbocycles. The Morgan fingerprint density at radius 3 is 2.73 bits per heavy atom. The van der Waals surface area contributed by atoms with E-state index in [1.54, 1.807) is 18.2 Å². The number of carbonyl (C=O) groups excluding carboxylic acids is 1. The van der Waals surface area contributed by atoms with Gasteiger partial charge in [0.2, 0.25) is 0 Å². The first-order valence-corrected chi connectivity index (χ1v) is 9.43. The van der Waals surface area contributed by atoms with Crippen LogP contribution >= 0.6 is 23.2 Å². The molecule has 142 valence electrons. The van der Waals surface area contributed by atoms with Crippen LogP contribution in [0, 0.1) is 11.3 Å². The van der Waals surface area contributed by atoms with E-state index in [4.69, 9.17) is 37.4 Å². The molecule has 1 aliphatic heterocycles. The number of ether oxygens (including phenoxy) is 3. The second kappa shape index (κ2) is 9.57. The number of nitrogens with zero attached hydrogens (tertiary/aromatic N) is 1. The number of hydrogen-bond acceptors (Lipinski definition) is 5. The first-order chi connectivity index (χ1) is 12.5. The van der Waals surface area contributed by atoms with Crippen molar-refractivity contribution in [2.75, 3.05) is 13.7 Å². The molecule has 0 N–H and O–H groups in total. The van der Waals surface area contributed by atoms with Gasteiger partial charge in [-0.05, 0) is 43.4 Å². The van der Waals surface area contributed by atoms with Crippen LogP contribution < -0.4 is 0 Å². The highest BCUT2D eigenvalue weighted by Crippen LogP contribution is 2.39. The predicted octanol–water partition coefficient (Wildman–Crippen LogP) is 4.64. The van der Waals surface area contributed by atoms with E-state index in [2.05, 4.69) is 6.07 Å². The van der Waals surface area contributed by atoms with Crippen LogP contribution in [-0.2, 0) is 24.4 Å². The van der Waals surface area contributed by atoms with Crippen LogP contribution in [0.1, 0.15) is 44.6 Å². The summed E-state index contributed by atoms with van der Waals surface area (Å²) in [6, 6.07) is 7.24. The topological polar surface area (TPSA) is 68.5 Å². The minimum atomic E-state index is -1.25. The molecule has 1 fully saturated rings. The van der Waals surface area contributed by atoms with Gasteiger partial charge >= 0.3 is 5.97 Å². The normalized spacial score (nSPS) is 20.7. The molecular formula is C19H23Cl2NO4. The summed E-state index contributed by atoms with van der Waals surface area (Å²) < 4.78 is 16.6. The molecule has 0 spiro atoms. The number of halogens is 2. The van der Waals surface area contributed by atoms with E-state index in [1.165, 1.54) is 7.11 Å². The van der Waals surface area contributed by atoms with Gasteiger partial charge in [0.1, 0.15) is 5.41 Å². The fourth-order valence-electron chi connectivity index (χ4n) is 3.21. The summed E-state index contributed by atoms with van der Waals surface area (Å²) in [7, 11) is 1.30. The van der Waals surface area contributed by atoms with Crippen LogP contribution in [0.4, 0.5) is 0 Å². The number of methoxy groups -OCH3 is 1. The summed E-state index contributed by atoms with van der Waals surface area (Å²) in [5.74, 6) is -0.496. The van der Waals surface area contributed by atoms with Gasteiger partial charge in [0, 0.05) is 6.61 Å². The number of rotatable bonds is 7. The third kappa shape index (κ3) is 4.69. The molecule has 26 heavy (non-hydrogen) atoms. The van der Waals surface area contributed by atoms with Gasteiger partial charge in [-0.3, -0.25) is 4.79 Å². The highest BCUT2D eigenvalue weighted by atomic mass is 35.5. The van der Waals surface area contributed by atoms with Crippen LogP contribution in [0.3, 0.4) is 0 Å². The lowest BCUT2D eigenvalue weighted by molar-refractivity contribution is -0.200. The van der Waals surface area contributed by atoms with Gasteiger partial charge < -0.3 is 14.2 Å². The third-order valence-corrected chi connectivity index (χ3v) is 5.40. The van der Waals surface area contributed by atoms with Gasteiger partial charge in [-0.2, -0.15) is 5.26 Å². The molecule has 1 aromatic carbocycles. The molecule has 3 atom stereocenters. The summed E-state index contributed by atoms with van der Waals surface area (Å²) >= 11 is 12.2. The van der Waals surface area contributed by atoms with Crippen molar-refractivity contribution in [3.8, 4) is 6.07 Å². The van der Waals surface area contributed by atoms with Crippen molar-refractivity contribution in [2.24, 2.45) is 0 Å². The second-order valence-electron chi connectivity index (χ2n) is 6.29. The number of esters is 1. The predicted molar refractivity (Wildman–Crippen MR) is 99.1 cm³/mol. The van der Waals surface area contributed by atoms with Gasteiger partial charge in [-0.1, -0.05) is 36.2 Å². The van der Waals surface area contributed by atoms with Crippen molar-refractivity contribution in [1.82, 2.24) is 0 Å². The van der Waals surface area contributed by atoms with Crippen molar-refractivity contribution in [3.63, 3.8) is 0 Å². The zero-order chi connectivity index (χ0) is 19.2. The Morgan fingerprint density at radius 2 is 2.19 bits per heavy atom. The molecule has 7 heteroatoms. The second-order valence-corrected chi connectivity index (χ2v) is 7.11. The van der Waals surface area contributed by atoms with E-state index < -0.39 is 17.5 Å². The van der Waals surface area contributed by atoms with Crippen molar-refractivity contribution in [2.45, 2.75) is 56.8 Å². The fraction of sp³-hybridized carbons (Fsp3) is 0.579.